The zero-order chi connectivity index (χ0) is 14.5. The smallest absolute Gasteiger partial charge is 0.258 e. The Balaban J connectivity index is 0.00000220. The van der Waals surface area contributed by atoms with E-state index in [2.05, 4.69) is 5.32 Å². The van der Waals surface area contributed by atoms with Crippen molar-refractivity contribution in [1.82, 2.24) is 5.32 Å². The van der Waals surface area contributed by atoms with E-state index in [0.717, 1.165) is 25.7 Å². The van der Waals surface area contributed by atoms with Crippen molar-refractivity contribution in [2.24, 2.45) is 5.73 Å². The Morgan fingerprint density at radius 2 is 1.95 bits per heavy atom. The Kier molecular flexibility index (Phi) is 7.60. The summed E-state index contributed by atoms with van der Waals surface area (Å²) in [5, 5.41) is 3.90. The Labute approximate surface area is 140 Å². The molecule has 1 amide bonds. The number of nitrogens with one attached hydrogen (secondary N) is 1. The number of carbonyl (C=O) groups is 1. The molecule has 2 rings (SSSR count). The van der Waals surface area contributed by atoms with E-state index in [4.69, 9.17) is 33.7 Å². The van der Waals surface area contributed by atoms with Crippen molar-refractivity contribution in [3.63, 3.8) is 0 Å². The molecule has 0 aromatic heterocycles. The molecule has 0 unspecified atom stereocenters. The van der Waals surface area contributed by atoms with Crippen molar-refractivity contribution >= 4 is 41.5 Å². The SMILES string of the molecule is Cl.NC1CCC(NC(=O)COc2cc(Cl)ccc2Cl)CC1. The Hall–Kier alpha value is -0.680. The maximum Gasteiger partial charge on any atom is 0.258 e. The van der Waals surface area contributed by atoms with Crippen LogP contribution >= 0.6 is 35.6 Å². The van der Waals surface area contributed by atoms with Crippen LogP contribution in [0.15, 0.2) is 18.2 Å². The average molecular weight is 354 g/mol. The van der Waals surface area contributed by atoms with Gasteiger partial charge in [-0.05, 0) is 37.8 Å². The number of ether oxygens (including phenoxy) is 1. The minimum absolute atomic E-state index is 0. The fraction of sp³-hybridized carbons (Fsp3) is 0.500. The minimum Gasteiger partial charge on any atom is -0.482 e. The number of nitrogens with two attached hydrogens (primary N) is 1. The number of amides is 1. The number of benzene rings is 1. The molecule has 118 valence electrons. The van der Waals surface area contributed by atoms with E-state index < -0.39 is 0 Å². The monoisotopic (exact) mass is 352 g/mol. The summed E-state index contributed by atoms with van der Waals surface area (Å²) in [5.74, 6) is 0.265. The highest BCUT2D eigenvalue weighted by molar-refractivity contribution is 6.34. The normalized spacial score (nSPS) is 21.3. The van der Waals surface area contributed by atoms with Crippen LogP contribution in [0.3, 0.4) is 0 Å². The van der Waals surface area contributed by atoms with Crippen LogP contribution in [0.5, 0.6) is 5.75 Å². The molecule has 4 nitrogen and oxygen atoms in total. The van der Waals surface area contributed by atoms with Crippen molar-refractivity contribution in [3.8, 4) is 5.75 Å². The maximum absolute atomic E-state index is 11.8. The zero-order valence-corrected chi connectivity index (χ0v) is 13.8. The van der Waals surface area contributed by atoms with Gasteiger partial charge in [-0.2, -0.15) is 0 Å². The predicted molar refractivity (Wildman–Crippen MR) is 87.6 cm³/mol. The Morgan fingerprint density at radius 3 is 2.62 bits per heavy atom. The van der Waals surface area contributed by atoms with E-state index in [0.29, 0.717) is 15.8 Å². The van der Waals surface area contributed by atoms with Crippen LogP contribution in [-0.4, -0.2) is 24.6 Å². The summed E-state index contributed by atoms with van der Waals surface area (Å²) < 4.78 is 5.39. The molecule has 0 radical (unpaired) electrons. The van der Waals surface area contributed by atoms with E-state index in [-0.39, 0.29) is 37.0 Å². The quantitative estimate of drug-likeness (QED) is 0.874. The van der Waals surface area contributed by atoms with Crippen LogP contribution in [-0.2, 0) is 4.79 Å². The average Bonchev–Trinajstić information content (AvgIpc) is 2.42. The van der Waals surface area contributed by atoms with Gasteiger partial charge in [-0.1, -0.05) is 23.2 Å². The van der Waals surface area contributed by atoms with Crippen LogP contribution < -0.4 is 15.8 Å². The lowest BCUT2D eigenvalue weighted by atomic mass is 9.92. The van der Waals surface area contributed by atoms with Gasteiger partial charge in [0, 0.05) is 23.2 Å². The second-order valence-corrected chi connectivity index (χ2v) is 5.89. The first-order valence-electron chi connectivity index (χ1n) is 6.67. The molecule has 0 atom stereocenters. The maximum atomic E-state index is 11.8. The molecule has 21 heavy (non-hydrogen) atoms. The second-order valence-electron chi connectivity index (χ2n) is 5.04. The zero-order valence-electron chi connectivity index (χ0n) is 11.5. The van der Waals surface area contributed by atoms with Crippen LogP contribution in [0.25, 0.3) is 0 Å². The van der Waals surface area contributed by atoms with Crippen LogP contribution in [0.1, 0.15) is 25.7 Å². The van der Waals surface area contributed by atoms with Gasteiger partial charge in [-0.25, -0.2) is 0 Å². The van der Waals surface area contributed by atoms with E-state index in [1.807, 2.05) is 0 Å². The molecule has 1 aliphatic carbocycles. The minimum atomic E-state index is -0.151. The standard InChI is InChI=1S/C14H18Cl2N2O2.ClH/c15-9-1-6-12(16)13(7-9)20-8-14(19)18-11-4-2-10(17)3-5-11;/h1,6-7,10-11H,2-5,8,17H2,(H,18,19);1H. The highest BCUT2D eigenvalue weighted by Gasteiger charge is 2.20. The van der Waals surface area contributed by atoms with Crippen molar-refractivity contribution < 1.29 is 9.53 Å². The molecular formula is C14H19Cl3N2O2. The fourth-order valence-corrected chi connectivity index (χ4v) is 2.60. The molecule has 0 saturated heterocycles. The number of hydrogen-bond acceptors (Lipinski definition) is 3. The number of hydrogen-bond donors (Lipinski definition) is 2. The van der Waals surface area contributed by atoms with Crippen LogP contribution in [0.4, 0.5) is 0 Å². The molecule has 1 aromatic carbocycles. The van der Waals surface area contributed by atoms with Crippen molar-refractivity contribution in [3.05, 3.63) is 28.2 Å². The lowest BCUT2D eigenvalue weighted by Gasteiger charge is -2.26. The molecule has 0 bridgehead atoms. The first-order chi connectivity index (χ1) is 9.54. The van der Waals surface area contributed by atoms with Gasteiger partial charge in [0.2, 0.25) is 0 Å². The van der Waals surface area contributed by atoms with Gasteiger partial charge in [0.1, 0.15) is 5.75 Å². The lowest BCUT2D eigenvalue weighted by molar-refractivity contribution is -0.124. The molecule has 1 aromatic rings. The third kappa shape index (κ3) is 5.91. The molecule has 0 aliphatic heterocycles. The topological polar surface area (TPSA) is 64.3 Å². The molecule has 7 heteroatoms. The largest absolute Gasteiger partial charge is 0.482 e. The van der Waals surface area contributed by atoms with Gasteiger partial charge in [-0.3, -0.25) is 4.79 Å². The summed E-state index contributed by atoms with van der Waals surface area (Å²) in [6.45, 7) is -0.0668. The van der Waals surface area contributed by atoms with Gasteiger partial charge in [0.05, 0.1) is 5.02 Å². The Bertz CT molecular complexity index is 477. The summed E-state index contributed by atoms with van der Waals surface area (Å²) in [7, 11) is 0. The van der Waals surface area contributed by atoms with Gasteiger partial charge in [0.25, 0.3) is 5.91 Å². The molecule has 1 aliphatic rings. The van der Waals surface area contributed by atoms with Crippen molar-refractivity contribution in [1.29, 1.82) is 0 Å². The second kappa shape index (κ2) is 8.69. The van der Waals surface area contributed by atoms with Gasteiger partial charge < -0.3 is 15.8 Å². The molecule has 0 heterocycles. The van der Waals surface area contributed by atoms with Gasteiger partial charge >= 0.3 is 0 Å². The van der Waals surface area contributed by atoms with E-state index in [1.165, 1.54) is 0 Å². The van der Waals surface area contributed by atoms with Crippen molar-refractivity contribution in [2.75, 3.05) is 6.61 Å². The Morgan fingerprint density at radius 1 is 1.29 bits per heavy atom. The predicted octanol–water partition coefficient (Wildman–Crippen LogP) is 3.18. The summed E-state index contributed by atoms with van der Waals surface area (Å²) in [5.41, 5.74) is 5.83. The van der Waals surface area contributed by atoms with Gasteiger partial charge in [0.15, 0.2) is 6.61 Å². The number of halogens is 3. The third-order valence-electron chi connectivity index (χ3n) is 3.39. The van der Waals surface area contributed by atoms with Gasteiger partial charge in [-0.15, -0.1) is 12.4 Å². The first kappa shape index (κ1) is 18.4. The molecule has 0 spiro atoms. The number of rotatable bonds is 4. The fourth-order valence-electron chi connectivity index (χ4n) is 2.26. The summed E-state index contributed by atoms with van der Waals surface area (Å²) >= 11 is 11.8. The van der Waals surface area contributed by atoms with Crippen molar-refractivity contribution in [2.45, 2.75) is 37.8 Å². The summed E-state index contributed by atoms with van der Waals surface area (Å²) in [6, 6.07) is 5.36. The van der Waals surface area contributed by atoms with E-state index in [1.54, 1.807) is 18.2 Å². The molecule has 1 saturated carbocycles. The van der Waals surface area contributed by atoms with Crippen LogP contribution in [0, 0.1) is 0 Å². The lowest BCUT2D eigenvalue weighted by Crippen LogP contribution is -2.42. The van der Waals surface area contributed by atoms with Crippen LogP contribution in [0.2, 0.25) is 10.0 Å². The highest BCUT2D eigenvalue weighted by atomic mass is 35.5. The third-order valence-corrected chi connectivity index (χ3v) is 3.94. The van der Waals surface area contributed by atoms with E-state index >= 15 is 0 Å². The molecule has 1 fully saturated rings. The summed E-state index contributed by atoms with van der Waals surface area (Å²) in [4.78, 5) is 11.8. The first-order valence-corrected chi connectivity index (χ1v) is 7.43. The highest BCUT2D eigenvalue weighted by Crippen LogP contribution is 2.27. The molecular weight excluding hydrogens is 335 g/mol. The molecule has 3 N–H and O–H groups in total. The van der Waals surface area contributed by atoms with E-state index in [9.17, 15) is 4.79 Å². The summed E-state index contributed by atoms with van der Waals surface area (Å²) in [6.07, 6.45) is 3.74. The number of carbonyl (C=O) groups excluding carboxylic acids is 1.